The summed E-state index contributed by atoms with van der Waals surface area (Å²) in [4.78, 5) is 22.4. The fourth-order valence-corrected chi connectivity index (χ4v) is 2.47. The maximum atomic E-state index is 13.2. The lowest BCUT2D eigenvalue weighted by atomic mass is 10.2. The first-order chi connectivity index (χ1) is 10.6. The molecule has 0 saturated carbocycles. The molecule has 1 atom stereocenters. The predicted molar refractivity (Wildman–Crippen MR) is 80.0 cm³/mol. The lowest BCUT2D eigenvalue weighted by Crippen LogP contribution is -2.47. The van der Waals surface area contributed by atoms with Gasteiger partial charge < -0.3 is 15.0 Å². The number of carbonyl (C=O) groups excluding carboxylic acids is 1. The van der Waals surface area contributed by atoms with Crippen molar-refractivity contribution in [2.45, 2.75) is 13.0 Å². The number of ether oxygens (including phenoxy) is 1. The van der Waals surface area contributed by atoms with Crippen LogP contribution >= 0.6 is 0 Å². The van der Waals surface area contributed by atoms with Gasteiger partial charge in [0, 0.05) is 24.5 Å². The first-order valence-electron chi connectivity index (χ1n) is 7.18. The second-order valence-electron chi connectivity index (χ2n) is 5.19. The third-order valence-electron chi connectivity index (χ3n) is 3.64. The Bertz CT molecular complexity index is 688. The molecule has 0 bridgehead atoms. The van der Waals surface area contributed by atoms with Crippen LogP contribution in [-0.2, 0) is 9.53 Å². The van der Waals surface area contributed by atoms with Crippen molar-refractivity contribution in [2.75, 3.05) is 31.6 Å². The van der Waals surface area contributed by atoms with E-state index in [1.165, 1.54) is 18.5 Å². The number of benzene rings is 1. The van der Waals surface area contributed by atoms with E-state index in [0.717, 1.165) is 0 Å². The zero-order valence-electron chi connectivity index (χ0n) is 12.3. The number of nitrogens with zero attached hydrogens (tertiary/aromatic N) is 3. The monoisotopic (exact) mass is 304 g/mol. The molecule has 1 fully saturated rings. The van der Waals surface area contributed by atoms with E-state index < -0.39 is 6.04 Å². The summed E-state index contributed by atoms with van der Waals surface area (Å²) in [6, 6.07) is 3.88. The van der Waals surface area contributed by atoms with E-state index in [4.69, 9.17) is 4.74 Å². The fraction of sp³-hybridized carbons (Fsp3) is 0.400. The van der Waals surface area contributed by atoms with E-state index in [2.05, 4.69) is 15.3 Å². The molecule has 0 aliphatic carbocycles. The van der Waals surface area contributed by atoms with Crippen LogP contribution in [0.2, 0.25) is 0 Å². The van der Waals surface area contributed by atoms with Crippen LogP contribution in [0, 0.1) is 5.82 Å². The Morgan fingerprint density at radius 1 is 1.36 bits per heavy atom. The van der Waals surface area contributed by atoms with Gasteiger partial charge in [-0.1, -0.05) is 0 Å². The summed E-state index contributed by atoms with van der Waals surface area (Å²) in [5, 5.41) is 3.78. The molecule has 0 unspecified atom stereocenters. The van der Waals surface area contributed by atoms with Crippen LogP contribution in [0.15, 0.2) is 24.5 Å². The van der Waals surface area contributed by atoms with E-state index in [9.17, 15) is 9.18 Å². The molecule has 6 nitrogen and oxygen atoms in total. The van der Waals surface area contributed by atoms with E-state index in [1.807, 2.05) is 0 Å². The smallest absolute Gasteiger partial charge is 0.244 e. The van der Waals surface area contributed by atoms with Crippen LogP contribution in [0.5, 0.6) is 0 Å². The molecule has 2 heterocycles. The Hall–Kier alpha value is -2.28. The van der Waals surface area contributed by atoms with Gasteiger partial charge in [-0.25, -0.2) is 14.4 Å². The Morgan fingerprint density at radius 3 is 2.91 bits per heavy atom. The van der Waals surface area contributed by atoms with Gasteiger partial charge in [0.1, 0.15) is 24.0 Å². The lowest BCUT2D eigenvalue weighted by Gasteiger charge is -2.29. The van der Waals surface area contributed by atoms with Crippen molar-refractivity contribution in [1.82, 2.24) is 14.9 Å². The van der Waals surface area contributed by atoms with E-state index >= 15 is 0 Å². The fourth-order valence-electron chi connectivity index (χ4n) is 2.47. The number of morpholine rings is 1. The second-order valence-corrected chi connectivity index (χ2v) is 5.19. The molecule has 1 saturated heterocycles. The van der Waals surface area contributed by atoms with Crippen molar-refractivity contribution < 1.29 is 13.9 Å². The molecule has 3 rings (SSSR count). The zero-order valence-corrected chi connectivity index (χ0v) is 12.3. The van der Waals surface area contributed by atoms with E-state index in [0.29, 0.717) is 43.0 Å². The summed E-state index contributed by atoms with van der Waals surface area (Å²) < 4.78 is 18.5. The highest BCUT2D eigenvalue weighted by atomic mass is 19.1. The molecule has 1 N–H and O–H groups in total. The number of anilines is 1. The van der Waals surface area contributed by atoms with Crippen molar-refractivity contribution in [3.05, 3.63) is 30.3 Å². The molecular formula is C15H17FN4O2. The minimum Gasteiger partial charge on any atom is -0.378 e. The van der Waals surface area contributed by atoms with Crippen molar-refractivity contribution in [3.63, 3.8) is 0 Å². The molecule has 116 valence electrons. The Morgan fingerprint density at radius 2 is 2.14 bits per heavy atom. The molecule has 1 aliphatic rings. The van der Waals surface area contributed by atoms with Gasteiger partial charge in [0.2, 0.25) is 5.91 Å². The Kier molecular flexibility index (Phi) is 4.15. The van der Waals surface area contributed by atoms with Gasteiger partial charge >= 0.3 is 0 Å². The van der Waals surface area contributed by atoms with Gasteiger partial charge in [-0.3, -0.25) is 4.79 Å². The first kappa shape index (κ1) is 14.6. The molecule has 1 aliphatic heterocycles. The molecule has 0 spiro atoms. The first-order valence-corrected chi connectivity index (χ1v) is 7.18. The predicted octanol–water partition coefficient (Wildman–Crippen LogP) is 1.43. The van der Waals surface area contributed by atoms with Crippen LogP contribution in [0.1, 0.15) is 6.92 Å². The summed E-state index contributed by atoms with van der Waals surface area (Å²) >= 11 is 0. The number of fused-ring (bicyclic) bond motifs is 1. The van der Waals surface area contributed by atoms with Crippen LogP contribution in [0.4, 0.5) is 10.2 Å². The third-order valence-corrected chi connectivity index (χ3v) is 3.64. The quantitative estimate of drug-likeness (QED) is 0.929. The van der Waals surface area contributed by atoms with Crippen LogP contribution < -0.4 is 5.32 Å². The standard InChI is InChI=1S/C15H17FN4O2/c1-10(15(21)20-4-6-22-7-5-20)19-14-12-3-2-11(16)8-13(12)17-9-18-14/h2-3,8-10H,4-7H2,1H3,(H,17,18,19)/t10-/m1/s1. The van der Waals surface area contributed by atoms with Gasteiger partial charge in [-0.2, -0.15) is 0 Å². The maximum Gasteiger partial charge on any atom is 0.244 e. The van der Waals surface area contributed by atoms with E-state index in [-0.39, 0.29) is 11.7 Å². The normalized spacial score (nSPS) is 16.5. The van der Waals surface area contributed by atoms with Gasteiger partial charge in [-0.05, 0) is 19.1 Å². The van der Waals surface area contributed by atoms with Crippen molar-refractivity contribution in [1.29, 1.82) is 0 Å². The SMILES string of the molecule is C[C@@H](Nc1ncnc2cc(F)ccc12)C(=O)N1CCOCC1. The summed E-state index contributed by atoms with van der Waals surface area (Å²) in [6.45, 7) is 4.11. The maximum absolute atomic E-state index is 13.2. The van der Waals surface area contributed by atoms with Crippen molar-refractivity contribution >= 4 is 22.6 Å². The Labute approximate surface area is 127 Å². The molecular weight excluding hydrogens is 287 g/mol. The van der Waals surface area contributed by atoms with Gasteiger partial charge in [0.15, 0.2) is 0 Å². The second kappa shape index (κ2) is 6.23. The molecule has 1 amide bonds. The molecule has 7 heteroatoms. The highest BCUT2D eigenvalue weighted by Gasteiger charge is 2.23. The highest BCUT2D eigenvalue weighted by molar-refractivity contribution is 5.91. The lowest BCUT2D eigenvalue weighted by molar-refractivity contribution is -0.135. The number of hydrogen-bond acceptors (Lipinski definition) is 5. The molecule has 1 aromatic carbocycles. The zero-order chi connectivity index (χ0) is 15.5. The van der Waals surface area contributed by atoms with E-state index in [1.54, 1.807) is 17.9 Å². The molecule has 1 aromatic heterocycles. The minimum absolute atomic E-state index is 0.00262. The summed E-state index contributed by atoms with van der Waals surface area (Å²) in [7, 11) is 0. The number of rotatable bonds is 3. The average molecular weight is 304 g/mol. The number of hydrogen-bond donors (Lipinski definition) is 1. The Balaban J connectivity index is 1.78. The number of halogens is 1. The molecule has 0 radical (unpaired) electrons. The summed E-state index contributed by atoms with van der Waals surface area (Å²) in [5.41, 5.74) is 0.503. The number of amides is 1. The van der Waals surface area contributed by atoms with Crippen LogP contribution in [-0.4, -0.2) is 53.1 Å². The largest absolute Gasteiger partial charge is 0.378 e. The van der Waals surface area contributed by atoms with Gasteiger partial charge in [0.05, 0.1) is 18.7 Å². The van der Waals surface area contributed by atoms with Gasteiger partial charge in [-0.15, -0.1) is 0 Å². The number of aromatic nitrogens is 2. The van der Waals surface area contributed by atoms with Gasteiger partial charge in [0.25, 0.3) is 0 Å². The molecule has 22 heavy (non-hydrogen) atoms. The number of nitrogens with one attached hydrogen (secondary N) is 1. The summed E-state index contributed by atoms with van der Waals surface area (Å²) in [6.07, 6.45) is 1.36. The van der Waals surface area contributed by atoms with Crippen molar-refractivity contribution in [2.24, 2.45) is 0 Å². The van der Waals surface area contributed by atoms with Crippen molar-refractivity contribution in [3.8, 4) is 0 Å². The number of carbonyl (C=O) groups is 1. The summed E-state index contributed by atoms with van der Waals surface area (Å²) in [5.74, 6) is 0.172. The average Bonchev–Trinajstić information content (AvgIpc) is 2.55. The highest BCUT2D eigenvalue weighted by Crippen LogP contribution is 2.20. The van der Waals surface area contributed by atoms with Crippen LogP contribution in [0.25, 0.3) is 10.9 Å². The molecule has 2 aromatic rings. The van der Waals surface area contributed by atoms with Crippen LogP contribution in [0.3, 0.4) is 0 Å². The minimum atomic E-state index is -0.429. The topological polar surface area (TPSA) is 67.4 Å². The third kappa shape index (κ3) is 2.99.